The maximum atomic E-state index is 12.1. The van der Waals surface area contributed by atoms with Crippen LogP contribution < -0.4 is 5.32 Å². The normalized spacial score (nSPS) is 16.6. The summed E-state index contributed by atoms with van der Waals surface area (Å²) < 4.78 is 0. The predicted molar refractivity (Wildman–Crippen MR) is 72.0 cm³/mol. The molecule has 0 bridgehead atoms. The fraction of sp³-hybridized carbons (Fsp3) is 0.333. The summed E-state index contributed by atoms with van der Waals surface area (Å²) in [5.41, 5.74) is -0.638. The fourth-order valence-corrected chi connectivity index (χ4v) is 2.73. The summed E-state index contributed by atoms with van der Waals surface area (Å²) in [5.74, 6) is -0.359. The fourth-order valence-electron chi connectivity index (χ4n) is 1.81. The van der Waals surface area contributed by atoms with Crippen molar-refractivity contribution in [3.63, 3.8) is 0 Å². The average molecular weight is 304 g/mol. The lowest BCUT2D eigenvalue weighted by Gasteiger charge is -2.33. The van der Waals surface area contributed by atoms with Crippen molar-refractivity contribution in [3.8, 4) is 6.07 Å². The Bertz CT molecular complexity index is 524. The Balaban J connectivity index is 2.25. The van der Waals surface area contributed by atoms with Crippen molar-refractivity contribution in [1.82, 2.24) is 0 Å². The van der Waals surface area contributed by atoms with E-state index in [4.69, 9.17) is 40.1 Å². The van der Waals surface area contributed by atoms with Gasteiger partial charge in [0.25, 0.3) is 0 Å². The molecule has 1 amide bonds. The number of halogens is 3. The molecule has 0 atom stereocenters. The zero-order valence-corrected chi connectivity index (χ0v) is 11.5. The molecule has 2 rings (SSSR count). The van der Waals surface area contributed by atoms with Crippen LogP contribution in [-0.2, 0) is 4.79 Å². The van der Waals surface area contributed by atoms with Crippen LogP contribution >= 0.6 is 34.8 Å². The minimum atomic E-state index is -0.938. The van der Waals surface area contributed by atoms with Crippen LogP contribution in [0.4, 0.5) is 5.69 Å². The first-order valence-corrected chi connectivity index (χ1v) is 6.49. The van der Waals surface area contributed by atoms with Crippen molar-refractivity contribution in [2.24, 2.45) is 5.41 Å². The smallest absolute Gasteiger partial charge is 0.244 e. The molecule has 1 aliphatic rings. The van der Waals surface area contributed by atoms with E-state index in [1.807, 2.05) is 0 Å². The zero-order chi connectivity index (χ0) is 13.3. The molecule has 0 aromatic heterocycles. The van der Waals surface area contributed by atoms with E-state index in [0.29, 0.717) is 23.6 Å². The molecule has 1 aromatic rings. The molecule has 6 heteroatoms. The van der Waals surface area contributed by atoms with Crippen LogP contribution in [0, 0.1) is 16.7 Å². The number of hydrogen-bond acceptors (Lipinski definition) is 2. The number of hydrogen-bond donors (Lipinski definition) is 1. The zero-order valence-electron chi connectivity index (χ0n) is 9.27. The molecule has 1 N–H and O–H groups in total. The number of anilines is 1. The van der Waals surface area contributed by atoms with E-state index in [9.17, 15) is 4.79 Å². The number of carbonyl (C=O) groups excluding carboxylic acids is 1. The molecule has 1 fully saturated rings. The van der Waals surface area contributed by atoms with Crippen LogP contribution in [-0.4, -0.2) is 5.91 Å². The molecule has 1 aliphatic carbocycles. The Morgan fingerprint density at radius 2 is 1.83 bits per heavy atom. The second kappa shape index (κ2) is 4.97. The van der Waals surface area contributed by atoms with E-state index in [2.05, 4.69) is 11.4 Å². The molecule has 0 aliphatic heterocycles. The minimum absolute atomic E-state index is 0.258. The second-order valence-corrected chi connectivity index (χ2v) is 5.50. The topological polar surface area (TPSA) is 52.9 Å². The molecule has 0 radical (unpaired) electrons. The molecule has 18 heavy (non-hydrogen) atoms. The van der Waals surface area contributed by atoms with E-state index in [1.54, 1.807) is 0 Å². The average Bonchev–Trinajstić information content (AvgIpc) is 2.22. The van der Waals surface area contributed by atoms with Gasteiger partial charge in [0.2, 0.25) is 5.91 Å². The SMILES string of the molecule is N#CC1(C(=O)Nc2c(Cl)cc(Cl)cc2Cl)CCC1. The van der Waals surface area contributed by atoms with Crippen LogP contribution in [0.3, 0.4) is 0 Å². The largest absolute Gasteiger partial charge is 0.322 e. The molecule has 1 aromatic carbocycles. The molecule has 0 heterocycles. The van der Waals surface area contributed by atoms with Gasteiger partial charge in [-0.1, -0.05) is 34.8 Å². The number of amides is 1. The van der Waals surface area contributed by atoms with Crippen molar-refractivity contribution in [2.45, 2.75) is 19.3 Å². The first-order valence-electron chi connectivity index (χ1n) is 5.36. The van der Waals surface area contributed by atoms with Crippen LogP contribution in [0.5, 0.6) is 0 Å². The van der Waals surface area contributed by atoms with Gasteiger partial charge in [0, 0.05) is 5.02 Å². The molecule has 0 spiro atoms. The van der Waals surface area contributed by atoms with Gasteiger partial charge < -0.3 is 5.32 Å². The van der Waals surface area contributed by atoms with Crippen molar-refractivity contribution in [1.29, 1.82) is 5.26 Å². The highest BCUT2D eigenvalue weighted by molar-refractivity contribution is 6.42. The third kappa shape index (κ3) is 2.29. The van der Waals surface area contributed by atoms with Crippen molar-refractivity contribution >= 4 is 46.4 Å². The maximum Gasteiger partial charge on any atom is 0.244 e. The highest BCUT2D eigenvalue weighted by Crippen LogP contribution is 2.42. The standard InChI is InChI=1S/C12H9Cl3N2O/c13-7-4-8(14)10(9(15)5-7)17-11(18)12(6-16)2-1-3-12/h4-5H,1-3H2,(H,17,18). The van der Waals surface area contributed by atoms with Gasteiger partial charge in [0.1, 0.15) is 5.41 Å². The molecular formula is C12H9Cl3N2O. The maximum absolute atomic E-state index is 12.1. The van der Waals surface area contributed by atoms with Crippen LogP contribution in [0.25, 0.3) is 0 Å². The summed E-state index contributed by atoms with van der Waals surface area (Å²) in [7, 11) is 0. The van der Waals surface area contributed by atoms with E-state index in [-0.39, 0.29) is 16.0 Å². The van der Waals surface area contributed by atoms with Gasteiger partial charge in [-0.05, 0) is 31.4 Å². The number of nitriles is 1. The highest BCUT2D eigenvalue weighted by atomic mass is 35.5. The summed E-state index contributed by atoms with van der Waals surface area (Å²) in [5, 5.41) is 12.6. The number of rotatable bonds is 2. The van der Waals surface area contributed by atoms with Crippen LogP contribution in [0.1, 0.15) is 19.3 Å². The van der Waals surface area contributed by atoms with Crippen molar-refractivity contribution in [2.75, 3.05) is 5.32 Å². The van der Waals surface area contributed by atoms with Gasteiger partial charge in [-0.3, -0.25) is 4.79 Å². The summed E-state index contributed by atoms with van der Waals surface area (Å²) in [4.78, 5) is 12.1. The van der Waals surface area contributed by atoms with Crippen LogP contribution in [0.15, 0.2) is 12.1 Å². The Morgan fingerprint density at radius 3 is 2.22 bits per heavy atom. The second-order valence-electron chi connectivity index (χ2n) is 4.25. The third-order valence-corrected chi connectivity index (χ3v) is 3.92. The molecule has 0 unspecified atom stereocenters. The number of nitrogens with zero attached hydrogens (tertiary/aromatic N) is 1. The molecule has 0 saturated heterocycles. The monoisotopic (exact) mass is 302 g/mol. The van der Waals surface area contributed by atoms with E-state index in [0.717, 1.165) is 6.42 Å². The minimum Gasteiger partial charge on any atom is -0.322 e. The lowest BCUT2D eigenvalue weighted by atomic mass is 9.69. The van der Waals surface area contributed by atoms with E-state index in [1.165, 1.54) is 12.1 Å². The molecule has 94 valence electrons. The highest BCUT2D eigenvalue weighted by Gasteiger charge is 2.44. The van der Waals surface area contributed by atoms with Crippen molar-refractivity contribution in [3.05, 3.63) is 27.2 Å². The molecule has 1 saturated carbocycles. The lowest BCUT2D eigenvalue weighted by molar-refractivity contribution is -0.126. The molecular weight excluding hydrogens is 295 g/mol. The molecule has 3 nitrogen and oxygen atoms in total. The van der Waals surface area contributed by atoms with Gasteiger partial charge in [0.15, 0.2) is 0 Å². The number of carbonyl (C=O) groups is 1. The quantitative estimate of drug-likeness (QED) is 0.886. The first kappa shape index (κ1) is 13.5. The van der Waals surface area contributed by atoms with Gasteiger partial charge in [-0.15, -0.1) is 0 Å². The Labute approximate surface area is 120 Å². The van der Waals surface area contributed by atoms with Crippen LogP contribution in [0.2, 0.25) is 15.1 Å². The van der Waals surface area contributed by atoms with Gasteiger partial charge >= 0.3 is 0 Å². The predicted octanol–water partition coefficient (Wildman–Crippen LogP) is 4.28. The van der Waals surface area contributed by atoms with E-state index >= 15 is 0 Å². The van der Waals surface area contributed by atoms with Gasteiger partial charge in [-0.2, -0.15) is 5.26 Å². The summed E-state index contributed by atoms with van der Waals surface area (Å²) in [6, 6.07) is 5.04. The number of benzene rings is 1. The first-order chi connectivity index (χ1) is 8.48. The third-order valence-electron chi connectivity index (χ3n) is 3.10. The van der Waals surface area contributed by atoms with E-state index < -0.39 is 5.41 Å². The Kier molecular flexibility index (Phi) is 3.72. The lowest BCUT2D eigenvalue weighted by Crippen LogP contribution is -2.40. The van der Waals surface area contributed by atoms with Crippen molar-refractivity contribution < 1.29 is 4.79 Å². The Morgan fingerprint density at radius 1 is 1.28 bits per heavy atom. The van der Waals surface area contributed by atoms with Gasteiger partial charge in [0.05, 0.1) is 21.8 Å². The Hall–Kier alpha value is -0.950. The summed E-state index contributed by atoms with van der Waals surface area (Å²) >= 11 is 17.7. The van der Waals surface area contributed by atoms with Gasteiger partial charge in [-0.25, -0.2) is 0 Å². The number of nitrogens with one attached hydrogen (secondary N) is 1. The summed E-state index contributed by atoms with van der Waals surface area (Å²) in [6.45, 7) is 0. The summed E-state index contributed by atoms with van der Waals surface area (Å²) in [6.07, 6.45) is 2.01.